The van der Waals surface area contributed by atoms with Gasteiger partial charge in [-0.25, -0.2) is 4.57 Å². The Labute approximate surface area is 35.4 Å². The molecule has 0 saturated heterocycles. The van der Waals surface area contributed by atoms with Crippen LogP contribution in [0.15, 0.2) is 0 Å². The predicted molar refractivity (Wildman–Crippen MR) is 21.0 cm³/mol. The minimum absolute atomic E-state index is 1.52. The van der Waals surface area contributed by atoms with Crippen LogP contribution in [-0.4, -0.2) is 9.79 Å². The highest BCUT2D eigenvalue weighted by molar-refractivity contribution is 8.13. The van der Waals surface area contributed by atoms with Crippen LogP contribution in [0.4, 0.5) is 0 Å². The second-order valence-corrected chi connectivity index (χ2v) is 4.20. The molecule has 0 spiro atoms. The lowest BCUT2D eigenvalue weighted by molar-refractivity contribution is 0.393. The quantitative estimate of drug-likeness (QED) is 0.492. The first kappa shape index (κ1) is 6.25. The molecule has 0 radical (unpaired) electrons. The molecule has 0 aliphatic rings. The summed E-state index contributed by atoms with van der Waals surface area (Å²) < 4.78 is 18.6. The molecule has 0 rings (SSSR count). The Balaban J connectivity index is 3.81. The Hall–Kier alpha value is 0.250. The third-order valence-electron chi connectivity index (χ3n) is 0.119. The largest absolute Gasteiger partial charge is 0.562 e. The molecule has 0 fully saturated rings. The molecule has 0 bridgehead atoms. The van der Waals surface area contributed by atoms with Crippen molar-refractivity contribution < 1.29 is 18.9 Å². The normalized spacial score (nSPS) is 12.3. The van der Waals surface area contributed by atoms with Crippen molar-refractivity contribution in [1.29, 1.82) is 0 Å². The average Bonchev–Trinajstić information content (AvgIpc) is 1.35. The van der Waals surface area contributed by atoms with Crippen LogP contribution in [0.25, 0.3) is 0 Å². The van der Waals surface area contributed by atoms with Crippen LogP contribution < -0.4 is 0 Å². The van der Waals surface area contributed by atoms with Crippen molar-refractivity contribution in [2.45, 2.75) is 0 Å². The van der Waals surface area contributed by atoms with Gasteiger partial charge in [0.25, 0.3) is 0 Å². The summed E-state index contributed by atoms with van der Waals surface area (Å²) in [5, 5.41) is 0. The first-order valence-electron chi connectivity index (χ1n) is 1.01. The molecule has 0 aliphatic heterocycles. The molecule has 0 amide bonds. The van der Waals surface area contributed by atoms with E-state index in [1.165, 1.54) is 0 Å². The van der Waals surface area contributed by atoms with Gasteiger partial charge in [-0.3, -0.25) is 9.79 Å². The lowest BCUT2D eigenvalue weighted by Crippen LogP contribution is -1.55. The second kappa shape index (κ2) is 1.80. The van der Waals surface area contributed by atoms with E-state index in [0.29, 0.717) is 0 Å². The summed E-state index contributed by atoms with van der Waals surface area (Å²) in [4.78, 5) is 15.3. The van der Waals surface area contributed by atoms with Crippen molar-refractivity contribution in [1.82, 2.24) is 0 Å². The van der Waals surface area contributed by atoms with Gasteiger partial charge in [-0.1, -0.05) is 4.57 Å². The Morgan fingerprint density at radius 2 is 1.67 bits per heavy atom. The van der Waals surface area contributed by atoms with E-state index >= 15 is 0 Å². The Morgan fingerprint density at radius 1 is 1.50 bits per heavy atom. The molecule has 2 N–H and O–H groups in total. The van der Waals surface area contributed by atoms with Gasteiger partial charge in [0.15, 0.2) is 0 Å². The van der Waals surface area contributed by atoms with Gasteiger partial charge in [0.1, 0.15) is 0 Å². The smallest absolute Gasteiger partial charge is 0.287 e. The van der Waals surface area contributed by atoms with Crippen molar-refractivity contribution in [2.24, 2.45) is 0 Å². The highest BCUT2D eigenvalue weighted by Crippen LogP contribution is 2.48. The van der Waals surface area contributed by atoms with Gasteiger partial charge in [-0.15, -0.1) is 0 Å². The zero-order valence-electron chi connectivity index (χ0n) is 2.66. The molecular weight excluding hydrogens is 126 g/mol. The van der Waals surface area contributed by atoms with Gasteiger partial charge in [-0.05, 0) is 0 Å². The fourth-order valence-electron chi connectivity index (χ4n) is 0. The lowest BCUT2D eigenvalue weighted by atomic mass is 15.8. The summed E-state index contributed by atoms with van der Waals surface area (Å²) in [6.07, 6.45) is 0. The highest BCUT2D eigenvalue weighted by atomic mass is 32.1. The zero-order valence-corrected chi connectivity index (χ0v) is 4.55. The Morgan fingerprint density at radius 3 is 1.67 bits per heavy atom. The fraction of sp³-hybridized carbons (Fsp3) is 0. The van der Waals surface area contributed by atoms with Gasteiger partial charge >= 0.3 is 15.4 Å². The van der Waals surface area contributed by atoms with Crippen LogP contribution in [0.5, 0.6) is 0 Å². The van der Waals surface area contributed by atoms with Crippen LogP contribution in [0.1, 0.15) is 0 Å². The van der Waals surface area contributed by atoms with Crippen molar-refractivity contribution in [3.8, 4) is 0 Å². The molecule has 4 nitrogen and oxygen atoms in total. The van der Waals surface area contributed by atoms with Crippen molar-refractivity contribution >= 4 is 15.4 Å². The van der Waals surface area contributed by atoms with E-state index < -0.39 is 15.4 Å². The van der Waals surface area contributed by atoms with Gasteiger partial charge in [-0.2, -0.15) is 0 Å². The molecule has 36 valence electrons. The molecule has 0 aromatic carbocycles. The number of rotatable bonds is 1. The number of hydrogen-bond donors (Lipinski definition) is 2. The molecule has 1 atom stereocenters. The van der Waals surface area contributed by atoms with Gasteiger partial charge < -0.3 is 0 Å². The van der Waals surface area contributed by atoms with E-state index in [1.54, 1.807) is 0 Å². The molecule has 0 aromatic rings. The Bertz CT molecular complexity index is 87.7. The molecular formula is H3O4P2+. The lowest BCUT2D eigenvalue weighted by Gasteiger charge is -1.71. The minimum Gasteiger partial charge on any atom is -0.287 e. The standard InChI is InChI=1S/H2O4P2/c1-5-6(2,3)4/h(H2,2,3,4)/p+1. The van der Waals surface area contributed by atoms with Crippen LogP contribution in [0, 0.1) is 0 Å². The van der Waals surface area contributed by atoms with Crippen LogP contribution in [-0.2, 0) is 9.13 Å². The third-order valence-corrected chi connectivity index (χ3v) is 1.07. The molecule has 6 heteroatoms. The van der Waals surface area contributed by atoms with E-state index in [4.69, 9.17) is 9.79 Å². The first-order valence-corrected chi connectivity index (χ1v) is 4.37. The fourth-order valence-corrected chi connectivity index (χ4v) is 0. The van der Waals surface area contributed by atoms with E-state index in [0.717, 1.165) is 0 Å². The van der Waals surface area contributed by atoms with Gasteiger partial charge in [0, 0.05) is 0 Å². The van der Waals surface area contributed by atoms with Crippen LogP contribution >= 0.6 is 15.4 Å². The van der Waals surface area contributed by atoms with Crippen molar-refractivity contribution in [3.63, 3.8) is 0 Å². The molecule has 0 saturated carbocycles. The summed E-state index contributed by atoms with van der Waals surface area (Å²) in [6, 6.07) is 0. The van der Waals surface area contributed by atoms with Crippen molar-refractivity contribution in [2.75, 3.05) is 0 Å². The van der Waals surface area contributed by atoms with Gasteiger partial charge in [0.05, 0.1) is 0 Å². The Kier molecular flexibility index (Phi) is 1.88. The number of hydrogen-bond acceptors (Lipinski definition) is 2. The minimum atomic E-state index is -4.17. The molecule has 6 heavy (non-hydrogen) atoms. The van der Waals surface area contributed by atoms with Crippen LogP contribution in [0.3, 0.4) is 0 Å². The maximum atomic E-state index is 9.39. The van der Waals surface area contributed by atoms with E-state index in [-0.39, 0.29) is 0 Å². The summed E-state index contributed by atoms with van der Waals surface area (Å²) in [5.74, 6) is 0. The second-order valence-electron chi connectivity index (χ2n) is 0.635. The third kappa shape index (κ3) is 4.25. The van der Waals surface area contributed by atoms with E-state index in [9.17, 15) is 9.13 Å². The first-order chi connectivity index (χ1) is 2.56. The van der Waals surface area contributed by atoms with Crippen LogP contribution in [0.2, 0.25) is 0 Å². The average molecular weight is 129 g/mol. The molecule has 0 aromatic heterocycles. The van der Waals surface area contributed by atoms with Crippen molar-refractivity contribution in [3.05, 3.63) is 0 Å². The predicted octanol–water partition coefficient (Wildman–Crippen LogP) is 0.103. The zero-order chi connectivity index (χ0) is 5.21. The summed E-state index contributed by atoms with van der Waals surface area (Å²) in [5.41, 5.74) is 0. The monoisotopic (exact) mass is 129 g/mol. The highest BCUT2D eigenvalue weighted by Gasteiger charge is 2.21. The topological polar surface area (TPSA) is 74.6 Å². The van der Waals surface area contributed by atoms with E-state index in [1.807, 2.05) is 0 Å². The summed E-state index contributed by atoms with van der Waals surface area (Å²) in [7, 11) is -5.69. The van der Waals surface area contributed by atoms with E-state index in [2.05, 4.69) is 0 Å². The summed E-state index contributed by atoms with van der Waals surface area (Å²) in [6.45, 7) is 0. The maximum Gasteiger partial charge on any atom is 0.562 e. The van der Waals surface area contributed by atoms with Gasteiger partial charge in [0.2, 0.25) is 0 Å². The maximum absolute atomic E-state index is 9.39. The summed E-state index contributed by atoms with van der Waals surface area (Å²) >= 11 is 0. The SMILES string of the molecule is O=[PH+]P(=O)(O)O. The molecule has 0 heterocycles. The molecule has 0 aliphatic carbocycles. The molecule has 1 unspecified atom stereocenters.